The predicted octanol–water partition coefficient (Wildman–Crippen LogP) is 3.80. The number of hydrogen-bond acceptors (Lipinski definition) is 4. The van der Waals surface area contributed by atoms with Gasteiger partial charge in [0.25, 0.3) is 10.0 Å². The third-order valence-corrected chi connectivity index (χ3v) is 5.69. The standard InChI is InChI=1S/C21H19NO4S/c1-17-12-14-19(15-13-17)26-21(23)16-22(18-8-4-2-5-9-18)27(24,25)20-10-6-3-7-11-20/h2-15H,16H2,1H3. The molecule has 0 radical (unpaired) electrons. The minimum absolute atomic E-state index is 0.108. The fraction of sp³-hybridized carbons (Fsp3) is 0.0952. The highest BCUT2D eigenvalue weighted by Crippen LogP contribution is 2.23. The lowest BCUT2D eigenvalue weighted by Crippen LogP contribution is -2.37. The van der Waals surface area contributed by atoms with Crippen LogP contribution in [0.5, 0.6) is 5.75 Å². The van der Waals surface area contributed by atoms with Gasteiger partial charge < -0.3 is 4.74 Å². The first-order valence-electron chi connectivity index (χ1n) is 8.37. The van der Waals surface area contributed by atoms with E-state index in [0.717, 1.165) is 9.87 Å². The van der Waals surface area contributed by atoms with Gasteiger partial charge in [-0.1, -0.05) is 54.1 Å². The molecule has 0 aliphatic heterocycles. The molecule has 0 aromatic heterocycles. The van der Waals surface area contributed by atoms with E-state index < -0.39 is 22.5 Å². The average molecular weight is 381 g/mol. The van der Waals surface area contributed by atoms with E-state index in [9.17, 15) is 13.2 Å². The summed E-state index contributed by atoms with van der Waals surface area (Å²) in [4.78, 5) is 12.5. The van der Waals surface area contributed by atoms with Crippen molar-refractivity contribution < 1.29 is 17.9 Å². The first-order chi connectivity index (χ1) is 13.0. The molecular weight excluding hydrogens is 362 g/mol. The highest BCUT2D eigenvalue weighted by Gasteiger charge is 2.27. The van der Waals surface area contributed by atoms with E-state index in [1.165, 1.54) is 12.1 Å². The molecule has 27 heavy (non-hydrogen) atoms. The molecule has 138 valence electrons. The molecule has 3 aromatic carbocycles. The third-order valence-electron chi connectivity index (χ3n) is 3.90. The highest BCUT2D eigenvalue weighted by molar-refractivity contribution is 7.92. The zero-order valence-corrected chi connectivity index (χ0v) is 15.6. The van der Waals surface area contributed by atoms with Crippen LogP contribution in [-0.4, -0.2) is 20.9 Å². The van der Waals surface area contributed by atoms with Crippen molar-refractivity contribution in [2.24, 2.45) is 0 Å². The second-order valence-electron chi connectivity index (χ2n) is 5.95. The number of sulfonamides is 1. The molecule has 3 aromatic rings. The molecule has 0 saturated heterocycles. The molecule has 3 rings (SSSR count). The van der Waals surface area contributed by atoms with Gasteiger partial charge in [0.1, 0.15) is 12.3 Å². The fourth-order valence-corrected chi connectivity index (χ4v) is 3.95. The molecule has 0 N–H and O–H groups in total. The van der Waals surface area contributed by atoms with E-state index in [0.29, 0.717) is 11.4 Å². The molecule has 0 amide bonds. The van der Waals surface area contributed by atoms with E-state index in [1.54, 1.807) is 60.7 Å². The van der Waals surface area contributed by atoms with E-state index in [1.807, 2.05) is 19.1 Å². The third kappa shape index (κ3) is 4.54. The first-order valence-corrected chi connectivity index (χ1v) is 9.81. The normalized spacial score (nSPS) is 11.0. The summed E-state index contributed by atoms with van der Waals surface area (Å²) < 4.78 is 32.5. The van der Waals surface area contributed by atoms with Crippen molar-refractivity contribution in [3.8, 4) is 5.75 Å². The van der Waals surface area contributed by atoms with Gasteiger partial charge in [0.2, 0.25) is 0 Å². The van der Waals surface area contributed by atoms with E-state index >= 15 is 0 Å². The van der Waals surface area contributed by atoms with Crippen molar-refractivity contribution in [3.63, 3.8) is 0 Å². The summed E-state index contributed by atoms with van der Waals surface area (Å²) in [5.41, 5.74) is 1.43. The molecule has 0 aliphatic rings. The van der Waals surface area contributed by atoms with E-state index in [2.05, 4.69) is 0 Å². The number of esters is 1. The quantitative estimate of drug-likeness (QED) is 0.481. The lowest BCUT2D eigenvalue weighted by Gasteiger charge is -2.23. The fourth-order valence-electron chi connectivity index (χ4n) is 2.52. The smallest absolute Gasteiger partial charge is 0.332 e. The zero-order chi connectivity index (χ0) is 19.3. The van der Waals surface area contributed by atoms with Crippen molar-refractivity contribution in [3.05, 3.63) is 90.5 Å². The SMILES string of the molecule is Cc1ccc(OC(=O)CN(c2ccccc2)S(=O)(=O)c2ccccc2)cc1. The molecule has 0 heterocycles. The molecule has 5 nitrogen and oxygen atoms in total. The molecule has 0 bridgehead atoms. The van der Waals surface area contributed by atoms with Crippen molar-refractivity contribution in [2.45, 2.75) is 11.8 Å². The number of hydrogen-bond donors (Lipinski definition) is 0. The summed E-state index contributed by atoms with van der Waals surface area (Å²) in [6.07, 6.45) is 0. The minimum Gasteiger partial charge on any atom is -0.425 e. The Hall–Kier alpha value is -3.12. The summed E-state index contributed by atoms with van der Waals surface area (Å²) in [6.45, 7) is 1.49. The van der Waals surface area contributed by atoms with Crippen LogP contribution in [0.2, 0.25) is 0 Å². The van der Waals surface area contributed by atoms with Gasteiger partial charge in [-0.15, -0.1) is 0 Å². The Morgan fingerprint density at radius 3 is 2.00 bits per heavy atom. The second kappa shape index (κ2) is 8.05. The van der Waals surface area contributed by atoms with Gasteiger partial charge in [-0.05, 0) is 43.3 Å². The van der Waals surface area contributed by atoms with Gasteiger partial charge in [-0.25, -0.2) is 13.2 Å². The molecule has 0 fully saturated rings. The number of ether oxygens (including phenoxy) is 1. The van der Waals surface area contributed by atoms with Gasteiger partial charge in [0, 0.05) is 0 Å². The Kier molecular flexibility index (Phi) is 5.57. The number of carbonyl (C=O) groups is 1. The maximum absolute atomic E-state index is 13.1. The van der Waals surface area contributed by atoms with Crippen molar-refractivity contribution in [1.29, 1.82) is 0 Å². The van der Waals surface area contributed by atoms with Crippen LogP contribution in [0.4, 0.5) is 5.69 Å². The van der Waals surface area contributed by atoms with Crippen LogP contribution in [-0.2, 0) is 14.8 Å². The number of rotatable bonds is 6. The first kappa shape index (κ1) is 18.7. The maximum atomic E-state index is 13.1. The topological polar surface area (TPSA) is 63.7 Å². The summed E-state index contributed by atoms with van der Waals surface area (Å²) in [7, 11) is -3.92. The second-order valence-corrected chi connectivity index (χ2v) is 7.81. The molecule has 6 heteroatoms. The summed E-state index contributed by atoms with van der Waals surface area (Å²) in [5, 5.41) is 0. The number of aryl methyl sites for hydroxylation is 1. The van der Waals surface area contributed by atoms with Crippen LogP contribution in [0.1, 0.15) is 5.56 Å². The predicted molar refractivity (Wildman–Crippen MR) is 104 cm³/mol. The summed E-state index contributed by atoms with van der Waals surface area (Å²) >= 11 is 0. The number of para-hydroxylation sites is 1. The Balaban J connectivity index is 1.89. The van der Waals surface area contributed by atoms with E-state index in [4.69, 9.17) is 4.74 Å². The van der Waals surface area contributed by atoms with Crippen LogP contribution in [0.3, 0.4) is 0 Å². The Morgan fingerprint density at radius 1 is 0.852 bits per heavy atom. The molecular formula is C21H19NO4S. The number of benzene rings is 3. The summed E-state index contributed by atoms with van der Waals surface area (Å²) in [6, 6.07) is 23.5. The zero-order valence-electron chi connectivity index (χ0n) is 14.8. The summed E-state index contributed by atoms with van der Waals surface area (Å²) in [5.74, 6) is -0.294. The van der Waals surface area contributed by atoms with Gasteiger partial charge >= 0.3 is 5.97 Å². The van der Waals surface area contributed by atoms with Crippen LogP contribution in [0, 0.1) is 6.92 Å². The molecule has 0 atom stereocenters. The largest absolute Gasteiger partial charge is 0.425 e. The molecule has 0 saturated carbocycles. The Labute approximate surface area is 158 Å². The average Bonchev–Trinajstić information content (AvgIpc) is 2.69. The molecule has 0 unspecified atom stereocenters. The van der Waals surface area contributed by atoms with E-state index in [-0.39, 0.29) is 4.90 Å². The number of carbonyl (C=O) groups excluding carboxylic acids is 1. The monoisotopic (exact) mass is 381 g/mol. The Morgan fingerprint density at radius 2 is 1.41 bits per heavy atom. The number of nitrogens with zero attached hydrogens (tertiary/aromatic N) is 1. The Bertz CT molecular complexity index is 1000. The highest BCUT2D eigenvalue weighted by atomic mass is 32.2. The van der Waals surface area contributed by atoms with Crippen molar-refractivity contribution in [2.75, 3.05) is 10.8 Å². The lowest BCUT2D eigenvalue weighted by atomic mass is 10.2. The van der Waals surface area contributed by atoms with Crippen LogP contribution >= 0.6 is 0 Å². The molecule has 0 spiro atoms. The maximum Gasteiger partial charge on any atom is 0.332 e. The lowest BCUT2D eigenvalue weighted by molar-refractivity contribution is -0.132. The van der Waals surface area contributed by atoms with Crippen molar-refractivity contribution in [1.82, 2.24) is 0 Å². The van der Waals surface area contributed by atoms with Gasteiger partial charge in [-0.2, -0.15) is 0 Å². The van der Waals surface area contributed by atoms with Gasteiger partial charge in [-0.3, -0.25) is 4.31 Å². The molecule has 0 aliphatic carbocycles. The van der Waals surface area contributed by atoms with Gasteiger partial charge in [0.05, 0.1) is 10.6 Å². The van der Waals surface area contributed by atoms with Gasteiger partial charge in [0.15, 0.2) is 0 Å². The minimum atomic E-state index is -3.92. The van der Waals surface area contributed by atoms with Crippen LogP contribution in [0.15, 0.2) is 89.8 Å². The number of anilines is 1. The van der Waals surface area contributed by atoms with Crippen LogP contribution < -0.4 is 9.04 Å². The van der Waals surface area contributed by atoms with Crippen LogP contribution in [0.25, 0.3) is 0 Å². The van der Waals surface area contributed by atoms with Crippen molar-refractivity contribution >= 4 is 21.7 Å².